The molecule has 11 rings (SSSR count). The molecule has 24 nitrogen and oxygen atoms in total. The van der Waals surface area contributed by atoms with Crippen molar-refractivity contribution in [2.75, 3.05) is 76.7 Å². The number of benzene rings is 4. The summed E-state index contributed by atoms with van der Waals surface area (Å²) in [7, 11) is 12.2. The third-order valence-corrected chi connectivity index (χ3v) is 17.1. The highest BCUT2D eigenvalue weighted by molar-refractivity contribution is 6.17. The van der Waals surface area contributed by atoms with Crippen LogP contribution >= 0.6 is 11.6 Å². The molecule has 0 aliphatic heterocycles. The summed E-state index contributed by atoms with van der Waals surface area (Å²) in [5.74, 6) is 0.375. The van der Waals surface area contributed by atoms with Gasteiger partial charge >= 0.3 is 17.9 Å². The van der Waals surface area contributed by atoms with E-state index in [2.05, 4.69) is 40.2 Å². The number of ether oxygens (including phenoxy) is 11. The molecule has 3 aromatic heterocycles. The minimum atomic E-state index is -1.49. The molecule has 0 radical (unpaired) electrons. The summed E-state index contributed by atoms with van der Waals surface area (Å²) in [5.41, 5.74) is 7.38. The second-order valence-electron chi connectivity index (χ2n) is 22.6. The van der Waals surface area contributed by atoms with E-state index in [9.17, 15) is 38.8 Å². The molecule has 522 valence electrons. The molecule has 0 saturated heterocycles. The van der Waals surface area contributed by atoms with Gasteiger partial charge in [-0.1, -0.05) is 25.3 Å². The van der Waals surface area contributed by atoms with Gasteiger partial charge in [0, 0.05) is 71.2 Å². The van der Waals surface area contributed by atoms with Crippen molar-refractivity contribution in [3.8, 4) is 64.2 Å². The van der Waals surface area contributed by atoms with E-state index >= 15 is 0 Å². The minimum absolute atomic E-state index is 0.0156. The zero-order chi connectivity index (χ0) is 73.5. The molecule has 4 atom stereocenters. The normalized spacial score (nSPS) is 15.9. The van der Waals surface area contributed by atoms with E-state index < -0.39 is 35.2 Å². The summed E-state index contributed by atoms with van der Waals surface area (Å²) in [6, 6.07) is 25.0. The standard InChI is InChI=1S/C22H20N2O5.C18H16N2O3.C15H16O5.C14H16O5.C7H5ClN2/c1-4-7-29-21(26)22(10-14-5-6-24-13-16(14)12-23)11-15-8-18(27-2)19(28-3)9-17(15)20(22)25;1-22-16-7-12-6-13(18(21)15(12)8-17(16)23-2)5-11-3-4-20-10-14(11)9-19;1-4-5-20-15(17)11-6-9-7-12(18-2)13(19-3)8-10(9)14(11)16;1-4-19-14(16)10-5-8-6-11(17-2)12(18-3)7-9(8)13(10)15;8-3-6-1-2-10-5-7(6)4-9/h4-6,8-9,13H,1,7,10-11H2,2-3H3;3-4,7-8,10,13H,5-6H2,1-2H3;4,7-8,11H,1,5-6H2,2-3H3;6-7,10H,4-5H2,1-3H3;1-2,5H,3H2. The molecule has 0 spiro atoms. The van der Waals surface area contributed by atoms with Gasteiger partial charge < -0.3 is 52.1 Å². The number of halogens is 1. The Morgan fingerprint density at radius 2 is 0.871 bits per heavy atom. The largest absolute Gasteiger partial charge is 0.493 e. The number of hydrogen-bond acceptors (Lipinski definition) is 24. The first-order chi connectivity index (χ1) is 48.8. The number of pyridine rings is 3. The van der Waals surface area contributed by atoms with Gasteiger partial charge in [-0.2, -0.15) is 15.8 Å². The van der Waals surface area contributed by atoms with E-state index in [1.54, 1.807) is 94.2 Å². The van der Waals surface area contributed by atoms with Crippen molar-refractivity contribution in [3.63, 3.8) is 0 Å². The molecule has 0 amide bonds. The van der Waals surface area contributed by atoms with E-state index in [0.717, 1.165) is 27.8 Å². The van der Waals surface area contributed by atoms with Crippen LogP contribution < -0.4 is 37.9 Å². The van der Waals surface area contributed by atoms with Gasteiger partial charge in [-0.05, 0) is 151 Å². The zero-order valence-corrected chi connectivity index (χ0v) is 57.9. The molecule has 7 aromatic rings. The van der Waals surface area contributed by atoms with Crippen LogP contribution in [0.2, 0.25) is 0 Å². The lowest BCUT2D eigenvalue weighted by Gasteiger charge is -2.25. The number of rotatable bonds is 21. The van der Waals surface area contributed by atoms with Crippen molar-refractivity contribution < 1.29 is 85.7 Å². The van der Waals surface area contributed by atoms with Crippen LogP contribution in [0.3, 0.4) is 0 Å². The Balaban J connectivity index is 0.000000182. The monoisotopic (exact) mass is 1390 g/mol. The molecule has 4 unspecified atom stereocenters. The van der Waals surface area contributed by atoms with Crippen LogP contribution in [0.1, 0.15) is 104 Å². The van der Waals surface area contributed by atoms with E-state index in [1.807, 2.05) is 12.1 Å². The molecule has 0 N–H and O–H groups in total. The molecule has 25 heteroatoms. The topological polar surface area (TPSA) is 331 Å². The summed E-state index contributed by atoms with van der Waals surface area (Å²) in [6.45, 7) is 9.09. The van der Waals surface area contributed by atoms with E-state index in [-0.39, 0.29) is 61.7 Å². The van der Waals surface area contributed by atoms with Crippen LogP contribution in [0.15, 0.2) is 129 Å². The third-order valence-electron chi connectivity index (χ3n) is 16.8. The first-order valence-corrected chi connectivity index (χ1v) is 31.8. The number of nitrogens with zero attached hydrogens (tertiary/aromatic N) is 6. The van der Waals surface area contributed by atoms with Gasteiger partial charge in [0.1, 0.15) is 48.7 Å². The number of Topliss-reactive ketones (excluding diaryl/α,β-unsaturated/α-hetero) is 4. The fourth-order valence-electron chi connectivity index (χ4n) is 11.8. The molecule has 0 saturated carbocycles. The first-order valence-electron chi connectivity index (χ1n) is 31.2. The number of ketones is 4. The summed E-state index contributed by atoms with van der Waals surface area (Å²) >= 11 is 5.53. The fraction of sp³-hybridized carbons (Fsp3) is 0.303. The SMILES string of the molecule is C=CCOC(=O)C1(Cc2ccncc2C#N)Cc2cc(OC)c(OC)cc2C1=O.C=CCOC(=O)C1Cc2cc(OC)c(OC)cc2C1=O.CCOC(=O)C1Cc2cc(OC)c(OC)cc2C1=O.COc1cc2c(cc1OC)C(=O)C(Cc1ccncc1C#N)C2.N#Cc1cnccc1CCl. The third kappa shape index (κ3) is 17.3. The van der Waals surface area contributed by atoms with Gasteiger partial charge in [0.15, 0.2) is 69.1 Å². The summed E-state index contributed by atoms with van der Waals surface area (Å²) in [4.78, 5) is 98.9. The van der Waals surface area contributed by atoms with E-state index in [4.69, 9.17) is 74.2 Å². The lowest BCUT2D eigenvalue weighted by Crippen LogP contribution is -2.41. The van der Waals surface area contributed by atoms with Crippen LogP contribution in [0, 0.1) is 57.2 Å². The highest BCUT2D eigenvalue weighted by atomic mass is 35.5. The van der Waals surface area contributed by atoms with Gasteiger partial charge in [-0.3, -0.25) is 48.5 Å². The average molecular weight is 1390 g/mol. The minimum Gasteiger partial charge on any atom is -0.493 e. The van der Waals surface area contributed by atoms with E-state index in [1.165, 1.54) is 79.6 Å². The fourth-order valence-corrected chi connectivity index (χ4v) is 12.0. The number of aromatic nitrogens is 3. The van der Waals surface area contributed by atoms with Gasteiger partial charge in [-0.15, -0.1) is 11.6 Å². The number of methoxy groups -OCH3 is 8. The van der Waals surface area contributed by atoms with Gasteiger partial charge in [0.05, 0.1) is 80.2 Å². The van der Waals surface area contributed by atoms with E-state index in [0.29, 0.717) is 128 Å². The van der Waals surface area contributed by atoms with Crippen LogP contribution in [-0.2, 0) is 73.0 Å². The summed E-state index contributed by atoms with van der Waals surface area (Å²) in [6.07, 6.45) is 14.2. The lowest BCUT2D eigenvalue weighted by atomic mass is 9.77. The quantitative estimate of drug-likeness (QED) is 0.0212. The van der Waals surface area contributed by atoms with Gasteiger partial charge in [-0.25, -0.2) is 0 Å². The van der Waals surface area contributed by atoms with Crippen LogP contribution in [0.5, 0.6) is 46.0 Å². The molecule has 4 aromatic carbocycles. The molecular weight excluding hydrogens is 1320 g/mol. The number of carbonyl (C=O) groups is 7. The maximum absolute atomic E-state index is 13.5. The lowest BCUT2D eigenvalue weighted by molar-refractivity contribution is -0.151. The number of hydrogen-bond donors (Lipinski definition) is 0. The predicted octanol–water partition coefficient (Wildman–Crippen LogP) is 10.3. The maximum atomic E-state index is 13.5. The number of alkyl halides is 1. The number of esters is 3. The van der Waals surface area contributed by atoms with Crippen molar-refractivity contribution in [2.45, 2.75) is 51.3 Å². The number of carbonyl (C=O) groups excluding carboxylic acids is 7. The Bertz CT molecular complexity index is 4440. The summed E-state index contributed by atoms with van der Waals surface area (Å²) in [5, 5.41) is 27.1. The Labute approximate surface area is 588 Å². The summed E-state index contributed by atoms with van der Waals surface area (Å²) < 4.78 is 57.1. The van der Waals surface area contributed by atoms with Crippen molar-refractivity contribution in [3.05, 3.63) is 207 Å². The molecule has 3 heterocycles. The zero-order valence-electron chi connectivity index (χ0n) is 57.1. The smallest absolute Gasteiger partial charge is 0.321 e. The van der Waals surface area contributed by atoms with Crippen molar-refractivity contribution >= 4 is 52.6 Å². The second kappa shape index (κ2) is 36.1. The average Bonchev–Trinajstić information content (AvgIpc) is 1.59. The predicted molar refractivity (Wildman–Crippen MR) is 366 cm³/mol. The second-order valence-corrected chi connectivity index (χ2v) is 22.8. The van der Waals surface area contributed by atoms with Crippen molar-refractivity contribution in [1.29, 1.82) is 15.8 Å². The molecule has 101 heavy (non-hydrogen) atoms. The van der Waals surface area contributed by atoms with Crippen molar-refractivity contribution in [1.82, 2.24) is 15.0 Å². The maximum Gasteiger partial charge on any atom is 0.321 e. The molecular formula is C76H73ClN6O18. The van der Waals surface area contributed by atoms with Crippen LogP contribution in [0.4, 0.5) is 0 Å². The highest BCUT2D eigenvalue weighted by Crippen LogP contribution is 2.46. The Morgan fingerprint density at radius 1 is 0.505 bits per heavy atom. The Hall–Kier alpha value is -11.9. The van der Waals surface area contributed by atoms with Gasteiger partial charge in [0.25, 0.3) is 0 Å². The molecule has 4 aliphatic rings. The molecule has 4 aliphatic carbocycles. The number of fused-ring (bicyclic) bond motifs is 4. The highest BCUT2D eigenvalue weighted by Gasteiger charge is 2.53. The number of nitriles is 3. The first kappa shape index (κ1) is 76.4. The Morgan fingerprint density at radius 3 is 1.29 bits per heavy atom. The van der Waals surface area contributed by atoms with Crippen LogP contribution in [0.25, 0.3) is 0 Å². The Kier molecular flexibility index (Phi) is 27.3. The van der Waals surface area contributed by atoms with Crippen molar-refractivity contribution in [2.24, 2.45) is 23.2 Å². The molecule has 0 bridgehead atoms. The van der Waals surface area contributed by atoms with Crippen LogP contribution in [-0.4, -0.2) is 133 Å². The molecule has 0 fully saturated rings. The van der Waals surface area contributed by atoms with Gasteiger partial charge in [0.2, 0.25) is 0 Å².